The molecule has 2 aromatic rings. The fourth-order valence-electron chi connectivity index (χ4n) is 2.36. The van der Waals surface area contributed by atoms with E-state index in [1.165, 1.54) is 18.2 Å². The van der Waals surface area contributed by atoms with Crippen molar-refractivity contribution < 1.29 is 9.13 Å². The quantitative estimate of drug-likeness (QED) is 0.649. The van der Waals surface area contributed by atoms with Crippen molar-refractivity contribution in [2.45, 2.75) is 20.0 Å². The van der Waals surface area contributed by atoms with Gasteiger partial charge in [0.15, 0.2) is 5.96 Å². The number of benzene rings is 2. The number of nitriles is 1. The normalized spacial score (nSPS) is 10.9. The Labute approximate surface area is 147 Å². The van der Waals surface area contributed by atoms with Gasteiger partial charge in [0, 0.05) is 31.3 Å². The van der Waals surface area contributed by atoms with E-state index < -0.39 is 0 Å². The largest absolute Gasteiger partial charge is 0.496 e. The Kier molecular flexibility index (Phi) is 6.35. The third-order valence-corrected chi connectivity index (χ3v) is 3.73. The molecule has 0 aliphatic rings. The SMILES string of the molecule is CN=C(NCc1cc(C#N)ccc1F)NCc1ccc(C)cc1OC. The highest BCUT2D eigenvalue weighted by Gasteiger charge is 2.07. The fraction of sp³-hybridized carbons (Fsp3) is 0.263. The molecular weight excluding hydrogens is 319 g/mol. The van der Waals surface area contributed by atoms with Crippen LogP contribution in [0.15, 0.2) is 41.4 Å². The van der Waals surface area contributed by atoms with Crippen LogP contribution in [0.25, 0.3) is 0 Å². The minimum absolute atomic E-state index is 0.228. The van der Waals surface area contributed by atoms with Crippen molar-refractivity contribution >= 4 is 5.96 Å². The molecule has 0 aliphatic heterocycles. The first kappa shape index (κ1) is 18.3. The molecule has 0 bridgehead atoms. The number of nitrogens with one attached hydrogen (secondary N) is 2. The highest BCUT2D eigenvalue weighted by atomic mass is 19.1. The summed E-state index contributed by atoms with van der Waals surface area (Å²) in [4.78, 5) is 4.13. The van der Waals surface area contributed by atoms with Crippen LogP contribution in [0.3, 0.4) is 0 Å². The highest BCUT2D eigenvalue weighted by molar-refractivity contribution is 5.79. The van der Waals surface area contributed by atoms with E-state index in [1.54, 1.807) is 14.2 Å². The topological polar surface area (TPSA) is 69.4 Å². The molecule has 0 saturated carbocycles. The molecule has 0 atom stereocenters. The van der Waals surface area contributed by atoms with Crippen molar-refractivity contribution in [2.75, 3.05) is 14.2 Å². The zero-order chi connectivity index (χ0) is 18.2. The average Bonchev–Trinajstić information content (AvgIpc) is 2.63. The Hall–Kier alpha value is -3.07. The van der Waals surface area contributed by atoms with Gasteiger partial charge in [-0.1, -0.05) is 12.1 Å². The zero-order valence-corrected chi connectivity index (χ0v) is 14.6. The number of aliphatic imine (C=N–C) groups is 1. The van der Waals surface area contributed by atoms with E-state index in [0.29, 0.717) is 23.6 Å². The van der Waals surface area contributed by atoms with Gasteiger partial charge >= 0.3 is 0 Å². The monoisotopic (exact) mass is 340 g/mol. The first-order valence-corrected chi connectivity index (χ1v) is 7.84. The molecule has 2 rings (SSSR count). The van der Waals surface area contributed by atoms with Gasteiger partial charge in [0.25, 0.3) is 0 Å². The van der Waals surface area contributed by atoms with Crippen LogP contribution in [0.1, 0.15) is 22.3 Å². The van der Waals surface area contributed by atoms with Crippen LogP contribution in [0.5, 0.6) is 5.75 Å². The Morgan fingerprint density at radius 3 is 2.52 bits per heavy atom. The summed E-state index contributed by atoms with van der Waals surface area (Å²) in [6, 6.07) is 12.3. The minimum atomic E-state index is -0.359. The van der Waals surface area contributed by atoms with Crippen LogP contribution in [0, 0.1) is 24.1 Å². The first-order chi connectivity index (χ1) is 12.1. The second kappa shape index (κ2) is 8.69. The molecule has 0 radical (unpaired) electrons. The molecule has 0 aliphatic carbocycles. The van der Waals surface area contributed by atoms with Crippen LogP contribution in [0.4, 0.5) is 4.39 Å². The maximum Gasteiger partial charge on any atom is 0.191 e. The van der Waals surface area contributed by atoms with E-state index in [9.17, 15) is 4.39 Å². The third-order valence-electron chi connectivity index (χ3n) is 3.73. The molecule has 2 N–H and O–H groups in total. The summed E-state index contributed by atoms with van der Waals surface area (Å²) in [6.07, 6.45) is 0. The molecule has 2 aromatic carbocycles. The lowest BCUT2D eigenvalue weighted by Crippen LogP contribution is -2.36. The summed E-state index contributed by atoms with van der Waals surface area (Å²) < 4.78 is 19.2. The predicted octanol–water partition coefficient (Wildman–Crippen LogP) is 2.88. The number of rotatable bonds is 5. The molecule has 0 spiro atoms. The third kappa shape index (κ3) is 4.95. The van der Waals surface area contributed by atoms with E-state index in [-0.39, 0.29) is 12.4 Å². The number of hydrogen-bond acceptors (Lipinski definition) is 3. The van der Waals surface area contributed by atoms with Gasteiger partial charge in [0.05, 0.1) is 18.7 Å². The summed E-state index contributed by atoms with van der Waals surface area (Å²) in [6.45, 7) is 2.75. The van der Waals surface area contributed by atoms with Crippen LogP contribution in [-0.4, -0.2) is 20.1 Å². The van der Waals surface area contributed by atoms with E-state index in [4.69, 9.17) is 10.00 Å². The lowest BCUT2D eigenvalue weighted by Gasteiger charge is -2.14. The van der Waals surface area contributed by atoms with Gasteiger partial charge in [-0.3, -0.25) is 4.99 Å². The van der Waals surface area contributed by atoms with Crippen molar-refractivity contribution in [3.63, 3.8) is 0 Å². The van der Waals surface area contributed by atoms with Gasteiger partial charge < -0.3 is 15.4 Å². The summed E-state index contributed by atoms with van der Waals surface area (Å²) in [7, 11) is 3.28. The zero-order valence-electron chi connectivity index (χ0n) is 14.6. The van der Waals surface area contributed by atoms with Crippen molar-refractivity contribution in [3.8, 4) is 11.8 Å². The van der Waals surface area contributed by atoms with E-state index in [0.717, 1.165) is 16.9 Å². The van der Waals surface area contributed by atoms with Gasteiger partial charge in [-0.05, 0) is 36.8 Å². The second-order valence-corrected chi connectivity index (χ2v) is 5.51. The molecule has 0 aromatic heterocycles. The number of hydrogen-bond donors (Lipinski definition) is 2. The van der Waals surface area contributed by atoms with Crippen LogP contribution in [-0.2, 0) is 13.1 Å². The van der Waals surface area contributed by atoms with Crippen molar-refractivity contribution in [1.29, 1.82) is 5.26 Å². The van der Waals surface area contributed by atoms with E-state index >= 15 is 0 Å². The standard InChI is InChI=1S/C19H21FN4O/c1-13-4-6-15(18(8-13)25-3)11-23-19(22-2)24-12-16-9-14(10-21)5-7-17(16)20/h4-9H,11-12H2,1-3H3,(H2,22,23,24). The van der Waals surface area contributed by atoms with Crippen LogP contribution >= 0.6 is 0 Å². The number of ether oxygens (including phenoxy) is 1. The maximum absolute atomic E-state index is 13.8. The van der Waals surface area contributed by atoms with Crippen LogP contribution in [0.2, 0.25) is 0 Å². The number of nitrogens with zero attached hydrogens (tertiary/aromatic N) is 2. The molecule has 0 saturated heterocycles. The lowest BCUT2D eigenvalue weighted by molar-refractivity contribution is 0.408. The van der Waals surface area contributed by atoms with E-state index in [2.05, 4.69) is 15.6 Å². The Morgan fingerprint density at radius 2 is 1.88 bits per heavy atom. The number of methoxy groups -OCH3 is 1. The molecular formula is C19H21FN4O. The van der Waals surface area contributed by atoms with Crippen molar-refractivity contribution in [3.05, 3.63) is 64.5 Å². The lowest BCUT2D eigenvalue weighted by atomic mass is 10.1. The number of aryl methyl sites for hydroxylation is 1. The molecule has 0 heterocycles. The Bertz CT molecular complexity index is 812. The molecule has 0 unspecified atom stereocenters. The summed E-state index contributed by atoms with van der Waals surface area (Å²) >= 11 is 0. The van der Waals surface area contributed by atoms with Crippen molar-refractivity contribution in [1.82, 2.24) is 10.6 Å². The first-order valence-electron chi connectivity index (χ1n) is 7.84. The van der Waals surface area contributed by atoms with Gasteiger partial charge in [-0.15, -0.1) is 0 Å². The average molecular weight is 340 g/mol. The molecule has 6 heteroatoms. The number of guanidine groups is 1. The van der Waals surface area contributed by atoms with Crippen molar-refractivity contribution in [2.24, 2.45) is 4.99 Å². The molecule has 130 valence electrons. The molecule has 0 fully saturated rings. The summed E-state index contributed by atoms with van der Waals surface area (Å²) in [5.74, 6) is 0.974. The maximum atomic E-state index is 13.8. The predicted molar refractivity (Wildman–Crippen MR) is 95.9 cm³/mol. The fourth-order valence-corrected chi connectivity index (χ4v) is 2.36. The smallest absolute Gasteiger partial charge is 0.191 e. The highest BCUT2D eigenvalue weighted by Crippen LogP contribution is 2.19. The Morgan fingerprint density at radius 1 is 1.16 bits per heavy atom. The summed E-state index contributed by atoms with van der Waals surface area (Å²) in [5, 5.41) is 15.1. The van der Waals surface area contributed by atoms with E-state index in [1.807, 2.05) is 31.2 Å². The van der Waals surface area contributed by atoms with Crippen LogP contribution < -0.4 is 15.4 Å². The van der Waals surface area contributed by atoms with Gasteiger partial charge in [0.2, 0.25) is 0 Å². The molecule has 25 heavy (non-hydrogen) atoms. The van der Waals surface area contributed by atoms with Gasteiger partial charge in [0.1, 0.15) is 11.6 Å². The van der Waals surface area contributed by atoms with Gasteiger partial charge in [-0.2, -0.15) is 5.26 Å². The van der Waals surface area contributed by atoms with Gasteiger partial charge in [-0.25, -0.2) is 4.39 Å². The number of halogens is 1. The molecule has 0 amide bonds. The Balaban J connectivity index is 1.99. The second-order valence-electron chi connectivity index (χ2n) is 5.51. The minimum Gasteiger partial charge on any atom is -0.496 e. The molecule has 5 nitrogen and oxygen atoms in total. The summed E-state index contributed by atoms with van der Waals surface area (Å²) in [5.41, 5.74) is 2.95.